The number of benzene rings is 3. The first-order valence-corrected chi connectivity index (χ1v) is 14.6. The van der Waals surface area contributed by atoms with Crippen LogP contribution in [0.25, 0.3) is 0 Å². The van der Waals surface area contributed by atoms with Crippen LogP contribution in [0.5, 0.6) is 5.75 Å². The molecule has 0 aromatic heterocycles. The molecule has 3 aromatic carbocycles. The van der Waals surface area contributed by atoms with Gasteiger partial charge in [-0.2, -0.15) is 17.5 Å². The number of hydrogen-bond acceptors (Lipinski definition) is 7. The average Bonchev–Trinajstić information content (AvgIpc) is 2.93. The van der Waals surface area contributed by atoms with Crippen molar-refractivity contribution in [2.75, 3.05) is 43.5 Å². The van der Waals surface area contributed by atoms with Crippen molar-refractivity contribution in [2.24, 2.45) is 0 Å². The Kier molecular flexibility index (Phi) is 8.39. The summed E-state index contributed by atoms with van der Waals surface area (Å²) in [6.07, 6.45) is -4.64. The highest BCUT2D eigenvalue weighted by atomic mass is 32.2. The summed E-state index contributed by atoms with van der Waals surface area (Å²) in [6, 6.07) is 12.6. The molecule has 0 atom stereocenters. The van der Waals surface area contributed by atoms with Crippen molar-refractivity contribution in [1.29, 1.82) is 0 Å². The molecule has 0 aliphatic carbocycles. The Balaban J connectivity index is 1.50. The van der Waals surface area contributed by atoms with Crippen molar-refractivity contribution < 1.29 is 44.3 Å². The highest BCUT2D eigenvalue weighted by molar-refractivity contribution is 7.92. The van der Waals surface area contributed by atoms with Crippen molar-refractivity contribution in [1.82, 2.24) is 4.31 Å². The number of amides is 1. The number of alkyl halides is 3. The van der Waals surface area contributed by atoms with Crippen molar-refractivity contribution >= 4 is 37.3 Å². The molecule has 4 rings (SSSR count). The second kappa shape index (κ2) is 11.4. The number of rotatable bonds is 8. The van der Waals surface area contributed by atoms with E-state index in [1.165, 1.54) is 47.8 Å². The maximum atomic E-state index is 13.2. The fraction of sp³-hybridized carbons (Fsp3) is 0.240. The molecule has 1 aliphatic rings. The molecule has 0 spiro atoms. The van der Waals surface area contributed by atoms with Crippen LogP contribution < -0.4 is 14.8 Å². The molecule has 0 unspecified atom stereocenters. The summed E-state index contributed by atoms with van der Waals surface area (Å²) in [4.78, 5) is 12.5. The third kappa shape index (κ3) is 6.55. The number of carbonyl (C=O) groups is 1. The Hall–Kier alpha value is -3.66. The summed E-state index contributed by atoms with van der Waals surface area (Å²) in [7, 11) is -6.91. The molecule has 1 aliphatic heterocycles. The van der Waals surface area contributed by atoms with E-state index in [2.05, 4.69) is 10.0 Å². The fourth-order valence-electron chi connectivity index (χ4n) is 3.84. The van der Waals surface area contributed by atoms with E-state index in [4.69, 9.17) is 9.47 Å². The lowest BCUT2D eigenvalue weighted by Crippen LogP contribution is -2.40. The number of halogens is 3. The highest BCUT2D eigenvalue weighted by Crippen LogP contribution is 2.32. The molecular formula is C25H24F3N3O7S2. The van der Waals surface area contributed by atoms with Gasteiger partial charge in [-0.3, -0.25) is 9.52 Å². The normalized spacial score (nSPS) is 14.9. The summed E-state index contributed by atoms with van der Waals surface area (Å²) in [5.74, 6) is -0.607. The number of methoxy groups -OCH3 is 1. The van der Waals surface area contributed by atoms with Gasteiger partial charge in [-0.1, -0.05) is 6.07 Å². The predicted molar refractivity (Wildman–Crippen MR) is 139 cm³/mol. The van der Waals surface area contributed by atoms with E-state index in [1.807, 2.05) is 0 Å². The van der Waals surface area contributed by atoms with Crippen LogP contribution in [-0.4, -0.2) is 60.5 Å². The van der Waals surface area contributed by atoms with Gasteiger partial charge in [0.15, 0.2) is 0 Å². The Morgan fingerprint density at radius 1 is 0.925 bits per heavy atom. The van der Waals surface area contributed by atoms with Crippen molar-refractivity contribution in [3.8, 4) is 5.75 Å². The quantitative estimate of drug-likeness (QED) is 0.403. The second-order valence-corrected chi connectivity index (χ2v) is 12.1. The molecule has 3 aromatic rings. The SMILES string of the molecule is COc1ccc(C(=O)Nc2ccc(S(=O)(=O)Nc3cccc(C(F)(F)F)c3)cc2)cc1S(=O)(=O)N1CCOCC1. The summed E-state index contributed by atoms with van der Waals surface area (Å²) in [5, 5.41) is 2.56. The van der Waals surface area contributed by atoms with Crippen molar-refractivity contribution in [2.45, 2.75) is 16.0 Å². The van der Waals surface area contributed by atoms with Crippen LogP contribution in [0.2, 0.25) is 0 Å². The molecule has 10 nitrogen and oxygen atoms in total. The summed E-state index contributed by atoms with van der Waals surface area (Å²) in [5.41, 5.74) is -1.08. The largest absolute Gasteiger partial charge is 0.495 e. The topological polar surface area (TPSA) is 131 Å². The molecule has 2 N–H and O–H groups in total. The van der Waals surface area contributed by atoms with Crippen LogP contribution >= 0.6 is 0 Å². The Labute approximate surface area is 228 Å². The van der Waals surface area contributed by atoms with Crippen LogP contribution in [-0.2, 0) is 31.0 Å². The molecule has 214 valence electrons. The van der Waals surface area contributed by atoms with E-state index in [0.29, 0.717) is 6.07 Å². The van der Waals surface area contributed by atoms with Crippen molar-refractivity contribution in [3.05, 3.63) is 77.9 Å². The number of ether oxygens (including phenoxy) is 2. The smallest absolute Gasteiger partial charge is 0.416 e. The molecular weight excluding hydrogens is 575 g/mol. The molecule has 1 fully saturated rings. The predicted octanol–water partition coefficient (Wildman–Crippen LogP) is 3.79. The molecule has 0 radical (unpaired) electrons. The van der Waals surface area contributed by atoms with Crippen molar-refractivity contribution in [3.63, 3.8) is 0 Å². The second-order valence-electron chi connectivity index (χ2n) is 8.54. The third-order valence-electron chi connectivity index (χ3n) is 5.88. The van der Waals surface area contributed by atoms with Gasteiger partial charge in [-0.25, -0.2) is 16.8 Å². The maximum absolute atomic E-state index is 13.2. The van der Waals surface area contributed by atoms with E-state index in [0.717, 1.165) is 24.3 Å². The Morgan fingerprint density at radius 2 is 1.60 bits per heavy atom. The van der Waals surface area contributed by atoms with Crippen LogP contribution in [0.4, 0.5) is 24.5 Å². The van der Waals surface area contributed by atoms with Crippen LogP contribution in [0, 0.1) is 0 Å². The first-order valence-electron chi connectivity index (χ1n) is 11.7. The van der Waals surface area contributed by atoms with E-state index in [9.17, 15) is 34.8 Å². The summed E-state index contributed by atoms with van der Waals surface area (Å²) >= 11 is 0. The molecule has 1 heterocycles. The van der Waals surface area contributed by atoms with Gasteiger partial charge in [0.2, 0.25) is 10.0 Å². The Morgan fingerprint density at radius 3 is 2.23 bits per heavy atom. The monoisotopic (exact) mass is 599 g/mol. The lowest BCUT2D eigenvalue weighted by molar-refractivity contribution is -0.137. The Bertz CT molecular complexity index is 1610. The highest BCUT2D eigenvalue weighted by Gasteiger charge is 2.31. The van der Waals surface area contributed by atoms with Gasteiger partial charge in [0, 0.05) is 30.0 Å². The first kappa shape index (κ1) is 29.3. The molecule has 0 saturated carbocycles. The van der Waals surface area contributed by atoms with Gasteiger partial charge in [-0.05, 0) is 60.7 Å². The number of carbonyl (C=O) groups excluding carboxylic acids is 1. The molecule has 1 amide bonds. The van der Waals surface area contributed by atoms with Gasteiger partial charge >= 0.3 is 6.18 Å². The maximum Gasteiger partial charge on any atom is 0.416 e. The van der Waals surface area contributed by atoms with Crippen LogP contribution in [0.1, 0.15) is 15.9 Å². The minimum absolute atomic E-state index is 0.00976. The summed E-state index contributed by atoms with van der Waals surface area (Å²) < 4.78 is 104. The molecule has 0 bridgehead atoms. The lowest BCUT2D eigenvalue weighted by Gasteiger charge is -2.26. The zero-order chi connectivity index (χ0) is 29.1. The average molecular weight is 600 g/mol. The fourth-order valence-corrected chi connectivity index (χ4v) is 6.48. The van der Waals surface area contributed by atoms with Gasteiger partial charge in [-0.15, -0.1) is 0 Å². The molecule has 15 heteroatoms. The van der Waals surface area contributed by atoms with E-state index < -0.39 is 37.7 Å². The first-order chi connectivity index (χ1) is 18.8. The van der Waals surface area contributed by atoms with Gasteiger partial charge in [0.25, 0.3) is 15.9 Å². The van der Waals surface area contributed by atoms with Gasteiger partial charge in [0.05, 0.1) is 30.8 Å². The van der Waals surface area contributed by atoms with E-state index >= 15 is 0 Å². The molecule has 1 saturated heterocycles. The molecule has 40 heavy (non-hydrogen) atoms. The number of sulfonamides is 2. The van der Waals surface area contributed by atoms with Crippen LogP contribution in [0.15, 0.2) is 76.5 Å². The standard InChI is InChI=1S/C25H24F3N3O7S2/c1-37-22-10-5-17(15-23(22)40(35,36)31-11-13-38-14-12-31)24(32)29-19-6-8-21(9-7-19)39(33,34)30-20-4-2-3-18(16-20)25(26,27)28/h2-10,15-16,30H,11-14H2,1H3,(H,29,32). The summed E-state index contributed by atoms with van der Waals surface area (Å²) in [6.45, 7) is 0.783. The minimum Gasteiger partial charge on any atom is -0.495 e. The van der Waals surface area contributed by atoms with E-state index in [-0.39, 0.29) is 58.8 Å². The number of hydrogen-bond donors (Lipinski definition) is 2. The zero-order valence-corrected chi connectivity index (χ0v) is 22.6. The van der Waals surface area contributed by atoms with E-state index in [1.54, 1.807) is 0 Å². The third-order valence-corrected chi connectivity index (χ3v) is 9.20. The van der Waals surface area contributed by atoms with Gasteiger partial charge in [0.1, 0.15) is 10.6 Å². The zero-order valence-electron chi connectivity index (χ0n) is 20.9. The number of nitrogens with zero attached hydrogens (tertiary/aromatic N) is 1. The lowest BCUT2D eigenvalue weighted by atomic mass is 10.2. The number of nitrogens with one attached hydrogen (secondary N) is 2. The minimum atomic E-state index is -4.64. The van der Waals surface area contributed by atoms with Crippen LogP contribution in [0.3, 0.4) is 0 Å². The van der Waals surface area contributed by atoms with Gasteiger partial charge < -0.3 is 14.8 Å². The number of morpholine rings is 1. The number of anilines is 2.